The normalized spacial score (nSPS) is 12.4. The first-order valence-electron chi connectivity index (χ1n) is 46.8. The number of para-hydroxylation sites is 10. The van der Waals surface area contributed by atoms with Crippen molar-refractivity contribution < 1.29 is 31.1 Å². The molecule has 0 aliphatic rings. The van der Waals surface area contributed by atoms with Gasteiger partial charge in [-0.1, -0.05) is 193 Å². The second kappa shape index (κ2) is 37.5. The SMILES string of the molecule is Cc1ccccc1-c1n(-c2cnccn2)c2ccccc2[n+]1C.[2H]C(C)(C)c1nc(C)c(C)nc1-n1c(-c2ccccc2C)[n+](C)c2ccccc21.[2H]C(C)(C)c1nc(C)cnc1-n1c(-c2ccccc2C)[n+](C)c2ccccc21.[2H]C(C)(C)c1nccnc1-n1c(-c2ccccc2C)[n+](C)c2ccccc21.[2H]C([2H])([2H])c1nc(C)c(C)nc1-n1c(-c2ccccc2C)[n+](C)c2ccccc21. The molecule has 0 saturated carbocycles. The highest BCUT2D eigenvalue weighted by Gasteiger charge is 2.37. The average Bonchev–Trinajstić information content (AvgIpc) is 1.57. The molecule has 20 rings (SSSR count). The molecule has 650 valence electrons. The smallest absolute Gasteiger partial charge is 0.257 e. The van der Waals surface area contributed by atoms with Crippen molar-refractivity contribution in [2.75, 3.05) is 0 Å². The van der Waals surface area contributed by atoms with Gasteiger partial charge in [-0.25, -0.2) is 52.7 Å². The molecular weight excluding hydrogens is 1600 g/mol. The first-order valence-corrected chi connectivity index (χ1v) is 43.8. The molecule has 0 saturated heterocycles. The minimum atomic E-state index is -2.38. The van der Waals surface area contributed by atoms with Gasteiger partial charge >= 0.3 is 0 Å². The van der Waals surface area contributed by atoms with Crippen molar-refractivity contribution in [3.63, 3.8) is 0 Å². The van der Waals surface area contributed by atoms with E-state index < -0.39 is 24.5 Å². The summed E-state index contributed by atoms with van der Waals surface area (Å²) in [5, 5.41) is 0. The third-order valence-corrected chi connectivity index (χ3v) is 24.2. The van der Waals surface area contributed by atoms with Crippen molar-refractivity contribution in [1.29, 1.82) is 0 Å². The number of aromatic nitrogens is 20. The van der Waals surface area contributed by atoms with Crippen LogP contribution in [0.4, 0.5) is 0 Å². The van der Waals surface area contributed by atoms with Crippen LogP contribution in [0.3, 0.4) is 0 Å². The Morgan fingerprint density at radius 1 is 0.262 bits per heavy atom. The Bertz CT molecular complexity index is 7740. The van der Waals surface area contributed by atoms with Gasteiger partial charge < -0.3 is 0 Å². The summed E-state index contributed by atoms with van der Waals surface area (Å²) >= 11 is 0. The standard InChI is InChI=1S/C24H27N4.C23H25N4.2C22H23N4.C19H17N4/c1-15(2)22-23(26-18(5)17(4)25-22)28-21-14-10-9-13-20(21)27(6)24(28)19-12-8-7-11-16(19)3;1-15(2)21-22(24-14-17(4)25-21)27-20-13-9-8-12-19(20)26(5)23(27)18-11-7-6-10-16(18)3;1-14-10-6-7-11-18(14)22-25(5)19-12-8-9-13-20(19)26(22)21-17(4)23-15(2)16(3)24-21;1-15(2)20-21(24-14-13-23-20)26-19-12-8-7-11-18(19)25(4)22(26)17-10-6-5-9-16(17)3;1-14-7-3-4-8-15(14)19-22(2)16-9-5-6-10-17(16)23(19)18-13-20-11-12-21-18/h7-15H,1-6H3;6-15H,1-5H3;6-13H,1-5H3;5-15H,1-4H3;3-13H,1-2H3/q5*+1/i2*15D;4D3;15D;. The van der Waals surface area contributed by atoms with Gasteiger partial charge in [0.25, 0.3) is 29.1 Å². The zero-order valence-corrected chi connectivity index (χ0v) is 78.0. The molecule has 20 nitrogen and oxygen atoms in total. The molecule has 0 unspecified atom stereocenters. The summed E-state index contributed by atoms with van der Waals surface area (Å²) in [7, 11) is 10.3. The molecule has 0 radical (unpaired) electrons. The number of hydrogen-bond donors (Lipinski definition) is 0. The lowest BCUT2D eigenvalue weighted by molar-refractivity contribution is -0.634. The molecule has 10 aromatic carbocycles. The molecule has 0 aliphatic carbocycles. The van der Waals surface area contributed by atoms with Gasteiger partial charge in [0.2, 0.25) is 29.1 Å². The molecule has 0 amide bonds. The Morgan fingerprint density at radius 2 is 0.546 bits per heavy atom. The zero-order valence-electron chi connectivity index (χ0n) is 84.0. The van der Waals surface area contributed by atoms with Crippen LogP contribution in [-0.2, 0) is 35.2 Å². The summed E-state index contributed by atoms with van der Waals surface area (Å²) in [6.07, 6.45) is 10.4. The van der Waals surface area contributed by atoms with Crippen molar-refractivity contribution in [3.05, 3.63) is 359 Å². The highest BCUT2D eigenvalue weighted by Crippen LogP contribution is 2.38. The maximum absolute atomic E-state index is 8.74. The average molecular weight is 1720 g/mol. The van der Waals surface area contributed by atoms with Crippen LogP contribution in [0.25, 0.3) is 141 Å². The van der Waals surface area contributed by atoms with E-state index in [2.05, 4.69) is 280 Å². The third kappa shape index (κ3) is 16.7. The number of nitrogens with zero attached hydrogens (tertiary/aromatic N) is 20. The minimum absolute atomic E-state index is 0.0109. The summed E-state index contributed by atoms with van der Waals surface area (Å²) in [4.78, 5) is 46.3. The van der Waals surface area contributed by atoms with Gasteiger partial charge in [-0.2, -0.15) is 22.8 Å². The second-order valence-corrected chi connectivity index (χ2v) is 33.7. The van der Waals surface area contributed by atoms with E-state index in [9.17, 15) is 0 Å². The summed E-state index contributed by atoms with van der Waals surface area (Å²) < 4.78 is 71.6. The van der Waals surface area contributed by atoms with Crippen LogP contribution in [0.2, 0.25) is 0 Å². The van der Waals surface area contributed by atoms with Crippen molar-refractivity contribution in [2.45, 2.75) is 135 Å². The van der Waals surface area contributed by atoms with Crippen LogP contribution in [-0.4, -0.2) is 72.7 Å². The highest BCUT2D eigenvalue weighted by molar-refractivity contribution is 5.84. The van der Waals surface area contributed by atoms with E-state index in [0.29, 0.717) is 45.9 Å². The van der Waals surface area contributed by atoms with Gasteiger partial charge in [0.15, 0.2) is 55.2 Å². The molecule has 10 heterocycles. The molecule has 130 heavy (non-hydrogen) atoms. The van der Waals surface area contributed by atoms with E-state index in [1.54, 1.807) is 44.1 Å². The number of rotatable bonds is 13. The Balaban J connectivity index is 0.000000124. The second-order valence-electron chi connectivity index (χ2n) is 33.7. The summed E-state index contributed by atoms with van der Waals surface area (Å²) in [6, 6.07) is 82.7. The number of hydrogen-bond acceptors (Lipinski definition) is 10. The molecule has 0 atom stereocenters. The maximum Gasteiger partial charge on any atom is 0.296 e. The molecule has 0 fully saturated rings. The quantitative estimate of drug-likeness (QED) is 0.101. The van der Waals surface area contributed by atoms with Crippen LogP contribution in [0.5, 0.6) is 0 Å². The van der Waals surface area contributed by atoms with Crippen LogP contribution in [0, 0.1) is 76.1 Å². The third-order valence-electron chi connectivity index (χ3n) is 24.2. The molecule has 20 heteroatoms. The first kappa shape index (κ1) is 80.8. The van der Waals surface area contributed by atoms with Crippen molar-refractivity contribution in [2.24, 2.45) is 35.2 Å². The Morgan fingerprint density at radius 3 is 0.900 bits per heavy atom. The van der Waals surface area contributed by atoms with Crippen molar-refractivity contribution >= 4 is 55.2 Å². The summed E-state index contributed by atoms with van der Waals surface area (Å²) in [5.41, 5.74) is 28.0. The highest BCUT2D eigenvalue weighted by atomic mass is 15.2. The minimum Gasteiger partial charge on any atom is -0.257 e. The number of benzene rings is 10. The maximum atomic E-state index is 8.74. The molecule has 20 aromatic rings. The van der Waals surface area contributed by atoms with Gasteiger partial charge in [-0.15, -0.1) is 0 Å². The number of aryl methyl sites for hydroxylation is 16. The van der Waals surface area contributed by atoms with E-state index in [0.717, 1.165) is 141 Å². The van der Waals surface area contributed by atoms with Crippen molar-refractivity contribution in [1.82, 2.24) is 72.7 Å². The topological polar surface area (TPSA) is 173 Å². The number of imidazole rings is 5. The molecule has 10 aromatic heterocycles. The first-order chi connectivity index (χ1) is 64.8. The van der Waals surface area contributed by atoms with E-state index in [1.807, 2.05) is 173 Å². The molecular formula is C110H115N20+5. The Labute approximate surface area is 770 Å². The fourth-order valence-corrected chi connectivity index (χ4v) is 17.3. The van der Waals surface area contributed by atoms with Crippen LogP contribution < -0.4 is 22.8 Å². The largest absolute Gasteiger partial charge is 0.296 e. The van der Waals surface area contributed by atoms with E-state index in [1.165, 1.54) is 27.8 Å². The Kier molecular flexibility index (Phi) is 23.3. The van der Waals surface area contributed by atoms with Gasteiger partial charge in [0.05, 0.1) is 104 Å². The fourth-order valence-electron chi connectivity index (χ4n) is 17.3. The number of fused-ring (bicyclic) bond motifs is 5. The van der Waals surface area contributed by atoms with E-state index in [-0.39, 0.29) is 5.69 Å². The van der Waals surface area contributed by atoms with E-state index >= 15 is 0 Å². The van der Waals surface area contributed by atoms with Gasteiger partial charge in [0.1, 0.15) is 22.8 Å². The Hall–Kier alpha value is -15.1. The van der Waals surface area contributed by atoms with Crippen LogP contribution in [0.15, 0.2) is 280 Å². The summed E-state index contributed by atoms with van der Waals surface area (Å²) in [6.45, 7) is 28.8. The zero-order chi connectivity index (χ0) is 96.9. The molecule has 0 N–H and O–H groups in total. The predicted molar refractivity (Wildman–Crippen MR) is 522 cm³/mol. The fraction of sp³-hybridized carbons (Fsp3) is 0.227. The van der Waals surface area contributed by atoms with Crippen LogP contribution >= 0.6 is 0 Å². The predicted octanol–water partition coefficient (Wildman–Crippen LogP) is 21.3. The lowest BCUT2D eigenvalue weighted by Gasteiger charge is -2.13. The summed E-state index contributed by atoms with van der Waals surface area (Å²) in [5.74, 6) is 5.75. The van der Waals surface area contributed by atoms with E-state index in [4.69, 9.17) is 33.1 Å². The molecule has 0 spiro atoms. The van der Waals surface area contributed by atoms with Crippen LogP contribution in [0.1, 0.15) is 147 Å². The monoisotopic (exact) mass is 1720 g/mol. The lowest BCUT2D eigenvalue weighted by atomic mass is 10.1. The molecule has 0 bridgehead atoms. The van der Waals surface area contributed by atoms with Crippen molar-refractivity contribution in [3.8, 4) is 86.0 Å². The van der Waals surface area contributed by atoms with Gasteiger partial charge in [-0.3, -0.25) is 19.9 Å². The lowest BCUT2D eigenvalue weighted by Crippen LogP contribution is -2.30. The van der Waals surface area contributed by atoms with Gasteiger partial charge in [0, 0.05) is 50.7 Å². The van der Waals surface area contributed by atoms with Gasteiger partial charge in [-0.05, 0) is 195 Å². The molecule has 0 aliphatic heterocycles.